The van der Waals surface area contributed by atoms with E-state index in [0.717, 1.165) is 57.4 Å². The Morgan fingerprint density at radius 3 is 2.30 bits per heavy atom. The summed E-state index contributed by atoms with van der Waals surface area (Å²) in [6, 6.07) is 9.50. The first-order valence-electron chi connectivity index (χ1n) is 8.34. The Morgan fingerprint density at radius 2 is 1.70 bits per heavy atom. The maximum Gasteiger partial charge on any atom is 0.226 e. The van der Waals surface area contributed by atoms with Crippen LogP contribution in [-0.4, -0.2) is 42.8 Å². The minimum Gasteiger partial charge on any atom is -0.342 e. The highest BCUT2D eigenvalue weighted by Crippen LogP contribution is 2.24. The maximum absolute atomic E-state index is 12.5. The number of carbonyl (C=O) groups is 2. The van der Waals surface area contributed by atoms with Gasteiger partial charge in [-0.1, -0.05) is 30.3 Å². The van der Waals surface area contributed by atoms with Crippen molar-refractivity contribution in [1.29, 1.82) is 0 Å². The third kappa shape index (κ3) is 4.33. The fourth-order valence-corrected chi connectivity index (χ4v) is 3.52. The molecule has 1 atom stereocenters. The number of hydrogen-bond acceptors (Lipinski definition) is 3. The Hall–Kier alpha value is -1.39. The molecular formula is C18H25ClN2O2. The van der Waals surface area contributed by atoms with Crippen molar-refractivity contribution in [2.45, 2.75) is 25.7 Å². The lowest BCUT2D eigenvalue weighted by molar-refractivity contribution is -0.137. The Morgan fingerprint density at radius 1 is 1.00 bits per heavy atom. The molecule has 0 saturated carbocycles. The van der Waals surface area contributed by atoms with Crippen LogP contribution in [0.5, 0.6) is 0 Å². The Kier molecular flexibility index (Phi) is 6.60. The third-order valence-electron chi connectivity index (χ3n) is 4.88. The molecule has 2 aliphatic rings. The number of rotatable bonds is 3. The summed E-state index contributed by atoms with van der Waals surface area (Å²) in [6.45, 7) is 3.27. The van der Waals surface area contributed by atoms with E-state index in [0.29, 0.717) is 0 Å². The highest BCUT2D eigenvalue weighted by Gasteiger charge is 2.31. The third-order valence-corrected chi connectivity index (χ3v) is 4.88. The van der Waals surface area contributed by atoms with Crippen molar-refractivity contribution >= 4 is 24.1 Å². The summed E-state index contributed by atoms with van der Waals surface area (Å²) in [5.74, 6) is 0.705. The van der Waals surface area contributed by atoms with Gasteiger partial charge in [-0.25, -0.2) is 0 Å². The molecule has 23 heavy (non-hydrogen) atoms. The summed E-state index contributed by atoms with van der Waals surface area (Å²) in [4.78, 5) is 26.9. The van der Waals surface area contributed by atoms with Crippen molar-refractivity contribution in [3.8, 4) is 0 Å². The van der Waals surface area contributed by atoms with Crippen molar-refractivity contribution < 1.29 is 9.59 Å². The topological polar surface area (TPSA) is 49.4 Å². The molecule has 0 aromatic heterocycles. The summed E-state index contributed by atoms with van der Waals surface area (Å²) in [5.41, 5.74) is 0.795. The second-order valence-electron chi connectivity index (χ2n) is 6.37. The van der Waals surface area contributed by atoms with Gasteiger partial charge in [0.2, 0.25) is 5.91 Å². The molecule has 2 aliphatic heterocycles. The summed E-state index contributed by atoms with van der Waals surface area (Å²) >= 11 is 0. The molecule has 126 valence electrons. The molecule has 0 bridgehead atoms. The van der Waals surface area contributed by atoms with Crippen LogP contribution < -0.4 is 5.32 Å². The van der Waals surface area contributed by atoms with Crippen LogP contribution in [0.1, 0.15) is 36.0 Å². The molecule has 1 amide bonds. The van der Waals surface area contributed by atoms with Gasteiger partial charge in [0.1, 0.15) is 0 Å². The van der Waals surface area contributed by atoms with E-state index in [9.17, 15) is 9.59 Å². The van der Waals surface area contributed by atoms with Gasteiger partial charge in [0.15, 0.2) is 5.78 Å². The van der Waals surface area contributed by atoms with E-state index in [2.05, 4.69) is 5.32 Å². The number of Topliss-reactive ketones (excluding diaryl/α,β-unsaturated/α-hetero) is 1. The van der Waals surface area contributed by atoms with Gasteiger partial charge >= 0.3 is 0 Å². The monoisotopic (exact) mass is 336 g/mol. The second-order valence-corrected chi connectivity index (χ2v) is 6.37. The molecule has 2 fully saturated rings. The van der Waals surface area contributed by atoms with Crippen LogP contribution in [-0.2, 0) is 4.79 Å². The smallest absolute Gasteiger partial charge is 0.226 e. The second kappa shape index (κ2) is 8.46. The van der Waals surface area contributed by atoms with Crippen molar-refractivity contribution in [2.75, 3.05) is 26.2 Å². The average Bonchev–Trinajstić information content (AvgIpc) is 2.62. The zero-order valence-electron chi connectivity index (χ0n) is 13.4. The van der Waals surface area contributed by atoms with Crippen LogP contribution in [0.3, 0.4) is 0 Å². The Bertz CT molecular complexity index is 521. The number of piperidine rings is 2. The van der Waals surface area contributed by atoms with Crippen LogP contribution in [0.15, 0.2) is 30.3 Å². The molecule has 2 heterocycles. The molecule has 1 aromatic rings. The SMILES string of the molecule is Cl.O=C(c1ccccc1)C1CCN(C(=O)C2CCCNC2)CC1. The van der Waals surface area contributed by atoms with Crippen LogP contribution in [0.4, 0.5) is 0 Å². The number of likely N-dealkylation sites (tertiary alicyclic amines) is 1. The first-order valence-corrected chi connectivity index (χ1v) is 8.34. The van der Waals surface area contributed by atoms with Gasteiger partial charge < -0.3 is 10.2 Å². The largest absolute Gasteiger partial charge is 0.342 e. The fourth-order valence-electron chi connectivity index (χ4n) is 3.52. The van der Waals surface area contributed by atoms with E-state index < -0.39 is 0 Å². The number of benzene rings is 1. The van der Waals surface area contributed by atoms with Crippen LogP contribution in [0.25, 0.3) is 0 Å². The normalized spacial score (nSPS) is 22.3. The molecule has 1 aromatic carbocycles. The molecule has 4 nitrogen and oxygen atoms in total. The highest BCUT2D eigenvalue weighted by atomic mass is 35.5. The predicted molar refractivity (Wildman–Crippen MR) is 92.9 cm³/mol. The van der Waals surface area contributed by atoms with E-state index in [1.54, 1.807) is 0 Å². The summed E-state index contributed by atoms with van der Waals surface area (Å²) in [5, 5.41) is 3.30. The quantitative estimate of drug-likeness (QED) is 0.863. The molecule has 1 unspecified atom stereocenters. The number of ketones is 1. The lowest BCUT2D eigenvalue weighted by Gasteiger charge is -2.35. The number of nitrogens with zero attached hydrogens (tertiary/aromatic N) is 1. The van der Waals surface area contributed by atoms with Crippen molar-refractivity contribution in [3.63, 3.8) is 0 Å². The van der Waals surface area contributed by atoms with Gasteiger partial charge in [0.25, 0.3) is 0 Å². The van der Waals surface area contributed by atoms with Crippen LogP contribution in [0.2, 0.25) is 0 Å². The highest BCUT2D eigenvalue weighted by molar-refractivity contribution is 5.98. The fraction of sp³-hybridized carbons (Fsp3) is 0.556. The molecule has 3 rings (SSSR count). The minimum absolute atomic E-state index is 0. The minimum atomic E-state index is 0. The van der Waals surface area contributed by atoms with Gasteiger partial charge in [-0.05, 0) is 32.2 Å². The van der Waals surface area contributed by atoms with Gasteiger partial charge in [0.05, 0.1) is 5.92 Å². The van der Waals surface area contributed by atoms with E-state index in [1.165, 1.54) is 0 Å². The zero-order chi connectivity index (χ0) is 15.4. The van der Waals surface area contributed by atoms with Crippen LogP contribution in [0, 0.1) is 11.8 Å². The van der Waals surface area contributed by atoms with Gasteiger partial charge in [-0.3, -0.25) is 9.59 Å². The van der Waals surface area contributed by atoms with Crippen molar-refractivity contribution in [1.82, 2.24) is 10.2 Å². The Labute approximate surface area is 144 Å². The molecule has 0 radical (unpaired) electrons. The molecule has 5 heteroatoms. The molecular weight excluding hydrogens is 312 g/mol. The molecule has 0 spiro atoms. The molecule has 1 N–H and O–H groups in total. The number of hydrogen-bond donors (Lipinski definition) is 1. The van der Waals surface area contributed by atoms with Crippen molar-refractivity contribution in [2.24, 2.45) is 11.8 Å². The summed E-state index contributed by atoms with van der Waals surface area (Å²) in [7, 11) is 0. The maximum atomic E-state index is 12.5. The van der Waals surface area contributed by atoms with Crippen LogP contribution >= 0.6 is 12.4 Å². The number of halogens is 1. The van der Waals surface area contributed by atoms with Gasteiger partial charge in [-0.15, -0.1) is 12.4 Å². The number of amides is 1. The first-order chi connectivity index (χ1) is 10.8. The standard InChI is InChI=1S/C18H24N2O2.ClH/c21-17(14-5-2-1-3-6-14)15-8-11-20(12-9-15)18(22)16-7-4-10-19-13-16;/h1-3,5-6,15-16,19H,4,7-13H2;1H. The number of nitrogens with one attached hydrogen (secondary N) is 1. The van der Waals surface area contributed by atoms with E-state index in [-0.39, 0.29) is 35.9 Å². The van der Waals surface area contributed by atoms with E-state index in [4.69, 9.17) is 0 Å². The predicted octanol–water partition coefficient (Wildman–Crippen LogP) is 2.53. The van der Waals surface area contributed by atoms with E-state index in [1.807, 2.05) is 35.2 Å². The van der Waals surface area contributed by atoms with Gasteiger partial charge in [0, 0.05) is 31.1 Å². The lowest BCUT2D eigenvalue weighted by atomic mass is 9.88. The van der Waals surface area contributed by atoms with Crippen molar-refractivity contribution in [3.05, 3.63) is 35.9 Å². The first kappa shape index (κ1) is 18.0. The average molecular weight is 337 g/mol. The van der Waals surface area contributed by atoms with E-state index >= 15 is 0 Å². The van der Waals surface area contributed by atoms with Gasteiger partial charge in [-0.2, -0.15) is 0 Å². The lowest BCUT2D eigenvalue weighted by Crippen LogP contribution is -2.46. The molecule has 2 saturated heterocycles. The summed E-state index contributed by atoms with van der Waals surface area (Å²) < 4.78 is 0. The number of carbonyl (C=O) groups excluding carboxylic acids is 2. The zero-order valence-corrected chi connectivity index (χ0v) is 14.2. The summed E-state index contributed by atoms with van der Waals surface area (Å²) in [6.07, 6.45) is 3.66. The molecule has 0 aliphatic carbocycles. The Balaban J connectivity index is 0.00000192.